The summed E-state index contributed by atoms with van der Waals surface area (Å²) >= 11 is 0. The molecule has 2 aromatic rings. The molecule has 2 aromatic heterocycles. The third-order valence-corrected chi connectivity index (χ3v) is 4.97. The number of hydrogen-bond donors (Lipinski definition) is 1. The van der Waals surface area contributed by atoms with Gasteiger partial charge in [-0.1, -0.05) is 0 Å². The van der Waals surface area contributed by atoms with E-state index in [2.05, 4.69) is 10.2 Å². The average Bonchev–Trinajstić information content (AvgIpc) is 3.28. The zero-order chi connectivity index (χ0) is 16.7. The number of aromatic nitrogens is 4. The van der Waals surface area contributed by atoms with Crippen molar-refractivity contribution in [3.05, 3.63) is 35.4 Å². The van der Waals surface area contributed by atoms with Crippen LogP contribution in [0, 0.1) is 12.8 Å². The molecule has 1 aliphatic carbocycles. The summed E-state index contributed by atoms with van der Waals surface area (Å²) < 4.78 is 3.68. The molecular formula is C17H23N5O2. The largest absolute Gasteiger partial charge is 0.386 e. The van der Waals surface area contributed by atoms with Crippen LogP contribution in [0.4, 0.5) is 0 Å². The highest BCUT2D eigenvalue weighted by atomic mass is 16.3. The predicted octanol–water partition coefficient (Wildman–Crippen LogP) is 1.26. The Morgan fingerprint density at radius 1 is 1.42 bits per heavy atom. The molecule has 7 nitrogen and oxygen atoms in total. The van der Waals surface area contributed by atoms with Gasteiger partial charge in [0.1, 0.15) is 12.6 Å². The van der Waals surface area contributed by atoms with Crippen molar-refractivity contribution in [1.82, 2.24) is 24.5 Å². The van der Waals surface area contributed by atoms with Crippen LogP contribution in [0.15, 0.2) is 18.3 Å². The van der Waals surface area contributed by atoms with Gasteiger partial charge in [0.2, 0.25) is 5.91 Å². The van der Waals surface area contributed by atoms with Crippen molar-refractivity contribution in [1.29, 1.82) is 0 Å². The number of hydrogen-bond acceptors (Lipinski definition) is 4. The first-order valence-corrected chi connectivity index (χ1v) is 8.62. The Morgan fingerprint density at radius 2 is 2.25 bits per heavy atom. The maximum atomic E-state index is 12.6. The topological polar surface area (TPSA) is 76.2 Å². The summed E-state index contributed by atoms with van der Waals surface area (Å²) in [6.07, 6.45) is 4.29. The molecule has 1 atom stereocenters. The van der Waals surface area contributed by atoms with Crippen LogP contribution >= 0.6 is 0 Å². The lowest BCUT2D eigenvalue weighted by Gasteiger charge is -2.20. The van der Waals surface area contributed by atoms with Crippen molar-refractivity contribution in [2.45, 2.75) is 51.9 Å². The minimum atomic E-state index is -0.458. The molecule has 1 saturated carbocycles. The molecule has 24 heavy (non-hydrogen) atoms. The van der Waals surface area contributed by atoms with E-state index in [1.54, 1.807) is 10.9 Å². The number of nitrogens with zero attached hydrogens (tertiary/aromatic N) is 5. The summed E-state index contributed by atoms with van der Waals surface area (Å²) in [4.78, 5) is 14.5. The van der Waals surface area contributed by atoms with Crippen LogP contribution in [-0.4, -0.2) is 42.0 Å². The van der Waals surface area contributed by atoms with Crippen LogP contribution in [0.2, 0.25) is 0 Å². The highest BCUT2D eigenvalue weighted by Crippen LogP contribution is 2.40. The van der Waals surface area contributed by atoms with Crippen LogP contribution in [-0.2, 0) is 24.4 Å². The van der Waals surface area contributed by atoms with Gasteiger partial charge in [-0.15, -0.1) is 0 Å². The van der Waals surface area contributed by atoms with Gasteiger partial charge in [0.25, 0.3) is 0 Å². The molecular weight excluding hydrogens is 306 g/mol. The van der Waals surface area contributed by atoms with E-state index >= 15 is 0 Å². The van der Waals surface area contributed by atoms with Gasteiger partial charge in [0.15, 0.2) is 0 Å². The number of aliphatic hydroxyl groups is 1. The third kappa shape index (κ3) is 2.96. The molecule has 0 aromatic carbocycles. The quantitative estimate of drug-likeness (QED) is 0.916. The first-order valence-electron chi connectivity index (χ1n) is 8.62. The van der Waals surface area contributed by atoms with Crippen LogP contribution in [0.25, 0.3) is 0 Å². The van der Waals surface area contributed by atoms with Crippen molar-refractivity contribution in [3.63, 3.8) is 0 Å². The van der Waals surface area contributed by atoms with Gasteiger partial charge < -0.3 is 10.0 Å². The highest BCUT2D eigenvalue weighted by Gasteiger charge is 2.33. The van der Waals surface area contributed by atoms with Gasteiger partial charge in [-0.25, -0.2) is 0 Å². The fraction of sp³-hybridized carbons (Fsp3) is 0.588. The summed E-state index contributed by atoms with van der Waals surface area (Å²) in [7, 11) is 0. The fourth-order valence-electron chi connectivity index (χ4n) is 3.29. The van der Waals surface area contributed by atoms with E-state index in [0.29, 0.717) is 12.5 Å². The normalized spacial score (nSPS) is 19.0. The van der Waals surface area contributed by atoms with Crippen molar-refractivity contribution in [2.75, 3.05) is 6.54 Å². The van der Waals surface area contributed by atoms with E-state index in [1.165, 1.54) is 0 Å². The number of rotatable bonds is 4. The second-order valence-electron chi connectivity index (χ2n) is 6.87. The zero-order valence-electron chi connectivity index (χ0n) is 13.9. The predicted molar refractivity (Wildman–Crippen MR) is 86.9 cm³/mol. The molecule has 1 amide bonds. The Bertz CT molecular complexity index is 746. The summed E-state index contributed by atoms with van der Waals surface area (Å²) in [6.45, 7) is 4.28. The molecule has 0 radical (unpaired) electrons. The minimum absolute atomic E-state index is 0.0701. The van der Waals surface area contributed by atoms with Crippen LogP contribution in [0.3, 0.4) is 0 Å². The van der Waals surface area contributed by atoms with Crippen molar-refractivity contribution in [3.8, 4) is 0 Å². The number of aryl methyl sites for hydroxylation is 2. The lowest BCUT2D eigenvalue weighted by molar-refractivity contribution is -0.132. The average molecular weight is 329 g/mol. The Morgan fingerprint density at radius 3 is 2.96 bits per heavy atom. The molecule has 3 heterocycles. The maximum absolute atomic E-state index is 12.6. The van der Waals surface area contributed by atoms with Crippen LogP contribution in [0.5, 0.6) is 0 Å². The van der Waals surface area contributed by atoms with Crippen LogP contribution in [0.1, 0.15) is 42.4 Å². The van der Waals surface area contributed by atoms with Crippen molar-refractivity contribution >= 4 is 5.91 Å². The van der Waals surface area contributed by atoms with Crippen molar-refractivity contribution < 1.29 is 9.90 Å². The molecule has 0 spiro atoms. The molecule has 0 bridgehead atoms. The Kier molecular flexibility index (Phi) is 3.88. The van der Waals surface area contributed by atoms with Gasteiger partial charge in [0, 0.05) is 25.0 Å². The number of amides is 1. The summed E-state index contributed by atoms with van der Waals surface area (Å²) in [5.41, 5.74) is 2.75. The first-order chi connectivity index (χ1) is 11.6. The minimum Gasteiger partial charge on any atom is -0.386 e. The van der Waals surface area contributed by atoms with Crippen LogP contribution < -0.4 is 0 Å². The number of aliphatic hydroxyl groups excluding tert-OH is 1. The van der Waals surface area contributed by atoms with Gasteiger partial charge in [-0.3, -0.25) is 14.2 Å². The summed E-state index contributed by atoms with van der Waals surface area (Å²) in [5, 5.41) is 19.0. The molecule has 0 saturated heterocycles. The SMILES string of the molecule is Cc1ccnn1CC(=O)N1CCCn2nc([C@@H](O)C3CC3)cc2C1. The molecule has 1 aliphatic heterocycles. The second-order valence-corrected chi connectivity index (χ2v) is 6.87. The number of fused-ring (bicyclic) bond motifs is 1. The van der Waals surface area contributed by atoms with E-state index < -0.39 is 6.10 Å². The van der Waals surface area contributed by atoms with Gasteiger partial charge in [-0.2, -0.15) is 10.2 Å². The molecule has 0 unspecified atom stereocenters. The first kappa shape index (κ1) is 15.4. The number of carbonyl (C=O) groups excluding carboxylic acids is 1. The third-order valence-electron chi connectivity index (χ3n) is 4.97. The van der Waals surface area contributed by atoms with Gasteiger partial charge >= 0.3 is 0 Å². The lowest BCUT2D eigenvalue weighted by Crippen LogP contribution is -2.34. The standard InChI is InChI=1S/C17H23N5O2/c1-12-5-6-18-22(12)11-16(23)20-7-2-8-21-14(10-20)9-15(19-21)17(24)13-3-4-13/h5-6,9,13,17,24H,2-4,7-8,10-11H2,1H3/t17-/m0/s1. The fourth-order valence-corrected chi connectivity index (χ4v) is 3.29. The number of carbonyl (C=O) groups is 1. The summed E-state index contributed by atoms with van der Waals surface area (Å²) in [5.74, 6) is 0.436. The van der Waals surface area contributed by atoms with E-state index in [0.717, 1.165) is 49.4 Å². The zero-order valence-corrected chi connectivity index (χ0v) is 13.9. The Balaban J connectivity index is 1.48. The highest BCUT2D eigenvalue weighted by molar-refractivity contribution is 5.76. The second kappa shape index (κ2) is 6.05. The Labute approximate surface area is 140 Å². The molecule has 128 valence electrons. The van der Waals surface area contributed by atoms with Gasteiger partial charge in [0.05, 0.1) is 17.9 Å². The van der Waals surface area contributed by atoms with E-state index in [-0.39, 0.29) is 12.5 Å². The molecule has 7 heteroatoms. The van der Waals surface area contributed by atoms with E-state index in [9.17, 15) is 9.90 Å². The Hall–Kier alpha value is -2.15. The monoisotopic (exact) mass is 329 g/mol. The van der Waals surface area contributed by atoms with E-state index in [1.807, 2.05) is 28.6 Å². The molecule has 2 aliphatic rings. The summed E-state index contributed by atoms with van der Waals surface area (Å²) in [6, 6.07) is 3.87. The van der Waals surface area contributed by atoms with E-state index in [4.69, 9.17) is 0 Å². The molecule has 1 fully saturated rings. The smallest absolute Gasteiger partial charge is 0.244 e. The van der Waals surface area contributed by atoms with Crippen molar-refractivity contribution in [2.24, 2.45) is 5.92 Å². The maximum Gasteiger partial charge on any atom is 0.244 e. The molecule has 4 rings (SSSR count). The lowest BCUT2D eigenvalue weighted by atomic mass is 10.1. The van der Waals surface area contributed by atoms with Gasteiger partial charge in [-0.05, 0) is 44.2 Å². The molecule has 1 N–H and O–H groups in total.